The molecule has 76 valence electrons. The van der Waals surface area contributed by atoms with E-state index in [-0.39, 0.29) is 12.5 Å². The summed E-state index contributed by atoms with van der Waals surface area (Å²) >= 11 is 0. The van der Waals surface area contributed by atoms with Gasteiger partial charge >= 0.3 is 5.97 Å². The van der Waals surface area contributed by atoms with Crippen molar-refractivity contribution >= 4 is 11.9 Å². The van der Waals surface area contributed by atoms with Crippen molar-refractivity contribution in [2.45, 2.75) is 6.92 Å². The molecule has 1 heterocycles. The van der Waals surface area contributed by atoms with Gasteiger partial charge in [0.25, 0.3) is 5.91 Å². The minimum Gasteiger partial charge on any atom is -0.465 e. The van der Waals surface area contributed by atoms with Crippen LogP contribution < -0.4 is 5.32 Å². The fourth-order valence-corrected chi connectivity index (χ4v) is 0.842. The van der Waals surface area contributed by atoms with E-state index in [1.165, 1.54) is 12.3 Å². The van der Waals surface area contributed by atoms with E-state index in [1.807, 2.05) is 0 Å². The topological polar surface area (TPSA) is 84.1 Å². The number of rotatable bonds is 4. The number of amides is 1. The first-order chi connectivity index (χ1) is 6.74. The Morgan fingerprint density at radius 3 is 3.00 bits per heavy atom. The second kappa shape index (κ2) is 5.00. The third kappa shape index (κ3) is 2.89. The summed E-state index contributed by atoms with van der Waals surface area (Å²) < 4.78 is 4.63. The molecule has 0 radical (unpaired) electrons. The van der Waals surface area contributed by atoms with Crippen molar-refractivity contribution in [1.82, 2.24) is 15.5 Å². The lowest BCUT2D eigenvalue weighted by Crippen LogP contribution is -2.30. The molecule has 14 heavy (non-hydrogen) atoms. The van der Waals surface area contributed by atoms with Gasteiger partial charge in [0.2, 0.25) is 0 Å². The van der Waals surface area contributed by atoms with Crippen LogP contribution in [0.4, 0.5) is 0 Å². The van der Waals surface area contributed by atoms with Gasteiger partial charge in [0.15, 0.2) is 0 Å². The molecule has 1 rings (SSSR count). The average molecular weight is 197 g/mol. The summed E-state index contributed by atoms with van der Waals surface area (Å²) in [5, 5.41) is 8.47. The van der Waals surface area contributed by atoms with Gasteiger partial charge in [-0.05, 0) is 13.0 Å². The lowest BCUT2D eigenvalue weighted by molar-refractivity contribution is -0.141. The summed E-state index contributed by atoms with van der Waals surface area (Å²) in [6, 6.07) is 1.51. The van der Waals surface area contributed by atoms with E-state index in [1.54, 1.807) is 6.92 Å². The molecule has 1 amide bonds. The highest BCUT2D eigenvalue weighted by Crippen LogP contribution is 1.90. The van der Waals surface area contributed by atoms with Gasteiger partial charge in [-0.25, -0.2) is 0 Å². The van der Waals surface area contributed by atoms with Crippen LogP contribution in [0.5, 0.6) is 0 Å². The van der Waals surface area contributed by atoms with Gasteiger partial charge in [0.1, 0.15) is 12.2 Å². The van der Waals surface area contributed by atoms with Crippen LogP contribution in [0, 0.1) is 0 Å². The molecule has 0 saturated heterocycles. The molecule has 0 aliphatic rings. The molecule has 0 spiro atoms. The Morgan fingerprint density at radius 2 is 2.43 bits per heavy atom. The first kappa shape index (κ1) is 10.2. The summed E-state index contributed by atoms with van der Waals surface area (Å²) in [7, 11) is 0. The lowest BCUT2D eigenvalue weighted by Gasteiger charge is -2.02. The van der Waals surface area contributed by atoms with Crippen molar-refractivity contribution in [3.05, 3.63) is 18.0 Å². The van der Waals surface area contributed by atoms with Crippen molar-refractivity contribution in [3.8, 4) is 0 Å². The number of nitrogens with zero attached hydrogens (tertiary/aromatic N) is 1. The molecule has 0 atom stereocenters. The summed E-state index contributed by atoms with van der Waals surface area (Å²) in [6.07, 6.45) is 1.46. The molecule has 0 saturated carbocycles. The van der Waals surface area contributed by atoms with Crippen molar-refractivity contribution < 1.29 is 14.3 Å². The summed E-state index contributed by atoms with van der Waals surface area (Å²) in [6.45, 7) is 1.87. The van der Waals surface area contributed by atoms with E-state index in [2.05, 4.69) is 20.3 Å². The number of aromatic nitrogens is 2. The molecule has 2 N–H and O–H groups in total. The largest absolute Gasteiger partial charge is 0.465 e. The Hall–Kier alpha value is -1.85. The third-order valence-electron chi connectivity index (χ3n) is 1.44. The maximum Gasteiger partial charge on any atom is 0.325 e. The smallest absolute Gasteiger partial charge is 0.325 e. The normalized spacial score (nSPS) is 9.50. The van der Waals surface area contributed by atoms with Gasteiger partial charge in [-0.2, -0.15) is 5.10 Å². The van der Waals surface area contributed by atoms with E-state index in [4.69, 9.17) is 0 Å². The quantitative estimate of drug-likeness (QED) is 0.649. The second-order valence-corrected chi connectivity index (χ2v) is 2.46. The highest BCUT2D eigenvalue weighted by Gasteiger charge is 2.08. The monoisotopic (exact) mass is 197 g/mol. The molecule has 6 heteroatoms. The molecule has 0 bridgehead atoms. The Balaban J connectivity index is 2.32. The first-order valence-corrected chi connectivity index (χ1v) is 4.17. The van der Waals surface area contributed by atoms with Crippen LogP contribution in [0.2, 0.25) is 0 Å². The molecule has 0 aliphatic carbocycles. The summed E-state index contributed by atoms with van der Waals surface area (Å²) in [5.41, 5.74) is 0.314. The molecule has 0 unspecified atom stereocenters. The number of carbonyl (C=O) groups excluding carboxylic acids is 2. The van der Waals surface area contributed by atoms with E-state index in [9.17, 15) is 9.59 Å². The standard InChI is InChI=1S/C8H11N3O3/c1-2-14-7(12)5-9-8(13)6-3-4-10-11-6/h3-4H,2,5H2,1H3,(H,9,13)(H,10,11). The second-order valence-electron chi connectivity index (χ2n) is 2.46. The number of hydrogen-bond acceptors (Lipinski definition) is 4. The van der Waals surface area contributed by atoms with Gasteiger partial charge in [-0.3, -0.25) is 14.7 Å². The number of esters is 1. The average Bonchev–Trinajstić information content (AvgIpc) is 2.67. The number of ether oxygens (including phenoxy) is 1. The highest BCUT2D eigenvalue weighted by molar-refractivity contribution is 5.94. The Labute approximate surface area is 80.6 Å². The fourth-order valence-electron chi connectivity index (χ4n) is 0.842. The number of carbonyl (C=O) groups is 2. The van der Waals surface area contributed by atoms with Crippen LogP contribution in [0.25, 0.3) is 0 Å². The number of aromatic amines is 1. The fraction of sp³-hybridized carbons (Fsp3) is 0.375. The molecule has 1 aromatic rings. The lowest BCUT2D eigenvalue weighted by atomic mass is 10.4. The Bertz CT molecular complexity index is 308. The highest BCUT2D eigenvalue weighted by atomic mass is 16.5. The van der Waals surface area contributed by atoms with Gasteiger partial charge in [0, 0.05) is 6.20 Å². The van der Waals surface area contributed by atoms with E-state index in [0.29, 0.717) is 12.3 Å². The van der Waals surface area contributed by atoms with Crippen molar-refractivity contribution in [3.63, 3.8) is 0 Å². The molecule has 0 aromatic carbocycles. The van der Waals surface area contributed by atoms with Gasteiger partial charge in [-0.15, -0.1) is 0 Å². The predicted molar refractivity (Wildman–Crippen MR) is 47.6 cm³/mol. The first-order valence-electron chi connectivity index (χ1n) is 4.17. The minimum atomic E-state index is -0.458. The van der Waals surface area contributed by atoms with Crippen molar-refractivity contribution in [2.75, 3.05) is 13.2 Å². The van der Waals surface area contributed by atoms with Crippen LogP contribution in [0.1, 0.15) is 17.4 Å². The van der Waals surface area contributed by atoms with E-state index >= 15 is 0 Å². The third-order valence-corrected chi connectivity index (χ3v) is 1.44. The number of nitrogens with one attached hydrogen (secondary N) is 2. The maximum atomic E-state index is 11.2. The predicted octanol–water partition coefficient (Wildman–Crippen LogP) is -0.297. The Morgan fingerprint density at radius 1 is 1.64 bits per heavy atom. The molecule has 6 nitrogen and oxygen atoms in total. The molecule has 0 aliphatic heterocycles. The number of H-pyrrole nitrogens is 1. The zero-order valence-electron chi connectivity index (χ0n) is 7.74. The van der Waals surface area contributed by atoms with Crippen molar-refractivity contribution in [2.24, 2.45) is 0 Å². The molecule has 0 fully saturated rings. The zero-order chi connectivity index (χ0) is 10.4. The Kier molecular flexibility index (Phi) is 3.66. The summed E-state index contributed by atoms with van der Waals surface area (Å²) in [4.78, 5) is 22.1. The van der Waals surface area contributed by atoms with Crippen LogP contribution in [-0.4, -0.2) is 35.2 Å². The van der Waals surface area contributed by atoms with Gasteiger partial charge in [-0.1, -0.05) is 0 Å². The SMILES string of the molecule is CCOC(=O)CNC(=O)c1ccn[nH]1. The molecule has 1 aromatic heterocycles. The van der Waals surface area contributed by atoms with Crippen LogP contribution >= 0.6 is 0 Å². The van der Waals surface area contributed by atoms with Gasteiger partial charge in [0.05, 0.1) is 6.61 Å². The van der Waals surface area contributed by atoms with Crippen LogP contribution in [0.3, 0.4) is 0 Å². The van der Waals surface area contributed by atoms with Gasteiger partial charge < -0.3 is 10.1 Å². The zero-order valence-corrected chi connectivity index (χ0v) is 7.74. The molecular weight excluding hydrogens is 186 g/mol. The minimum absolute atomic E-state index is 0.133. The van der Waals surface area contributed by atoms with E-state index < -0.39 is 5.97 Å². The van der Waals surface area contributed by atoms with Crippen molar-refractivity contribution in [1.29, 1.82) is 0 Å². The molecular formula is C8H11N3O3. The van der Waals surface area contributed by atoms with Crippen LogP contribution in [-0.2, 0) is 9.53 Å². The number of hydrogen-bond donors (Lipinski definition) is 2. The van der Waals surface area contributed by atoms with Crippen LogP contribution in [0.15, 0.2) is 12.3 Å². The maximum absolute atomic E-state index is 11.2. The summed E-state index contributed by atoms with van der Waals surface area (Å²) in [5.74, 6) is -0.837. The van der Waals surface area contributed by atoms with E-state index in [0.717, 1.165) is 0 Å².